The van der Waals surface area contributed by atoms with Crippen molar-refractivity contribution >= 4 is 0 Å². The minimum Gasteiger partial charge on any atom is -0.496 e. The number of aryl methyl sites for hydroxylation is 2. The Kier molecular flexibility index (Phi) is 6.36. The summed E-state index contributed by atoms with van der Waals surface area (Å²) in [6.07, 6.45) is 4.84. The topological polar surface area (TPSA) is 21.3 Å². The standard InChI is InChI=1S/C17H29NO/c1-14-10-11-16(19-5)15(13-14)9-7-6-8-12-18-17(2,3)4/h10-11,13,18H,6-9,12H2,1-5H3. The molecule has 2 heteroatoms. The third-order valence-electron chi connectivity index (χ3n) is 3.21. The Morgan fingerprint density at radius 1 is 1.11 bits per heavy atom. The van der Waals surface area contributed by atoms with Crippen LogP contribution in [0.5, 0.6) is 5.75 Å². The summed E-state index contributed by atoms with van der Waals surface area (Å²) in [6.45, 7) is 9.88. The zero-order valence-corrected chi connectivity index (χ0v) is 13.2. The predicted molar refractivity (Wildman–Crippen MR) is 83.0 cm³/mol. The fraction of sp³-hybridized carbons (Fsp3) is 0.647. The van der Waals surface area contributed by atoms with E-state index in [1.54, 1.807) is 7.11 Å². The van der Waals surface area contributed by atoms with E-state index in [1.165, 1.54) is 30.4 Å². The first-order chi connectivity index (χ1) is 8.92. The lowest BCUT2D eigenvalue weighted by Crippen LogP contribution is -2.36. The van der Waals surface area contributed by atoms with Gasteiger partial charge >= 0.3 is 0 Å². The fourth-order valence-corrected chi connectivity index (χ4v) is 2.18. The van der Waals surface area contributed by atoms with Crippen molar-refractivity contribution in [2.75, 3.05) is 13.7 Å². The lowest BCUT2D eigenvalue weighted by atomic mass is 10.0. The van der Waals surface area contributed by atoms with E-state index in [0.29, 0.717) is 0 Å². The largest absolute Gasteiger partial charge is 0.496 e. The first-order valence-electron chi connectivity index (χ1n) is 7.31. The first kappa shape index (κ1) is 16.0. The average molecular weight is 263 g/mol. The maximum Gasteiger partial charge on any atom is 0.122 e. The molecule has 0 amide bonds. The summed E-state index contributed by atoms with van der Waals surface area (Å²) in [6, 6.07) is 6.42. The van der Waals surface area contributed by atoms with Crippen LogP contribution in [0.1, 0.15) is 51.2 Å². The second-order valence-electron chi connectivity index (χ2n) is 6.30. The molecule has 0 aliphatic heterocycles. The molecule has 0 unspecified atom stereocenters. The Balaban J connectivity index is 2.28. The second kappa shape index (κ2) is 7.54. The molecule has 108 valence electrons. The van der Waals surface area contributed by atoms with Gasteiger partial charge in [0.1, 0.15) is 5.75 Å². The van der Waals surface area contributed by atoms with Gasteiger partial charge in [-0.1, -0.05) is 24.1 Å². The lowest BCUT2D eigenvalue weighted by molar-refractivity contribution is 0.406. The van der Waals surface area contributed by atoms with Crippen molar-refractivity contribution in [1.82, 2.24) is 5.32 Å². The maximum absolute atomic E-state index is 5.41. The summed E-state index contributed by atoms with van der Waals surface area (Å²) in [5.41, 5.74) is 2.89. The normalized spacial score (nSPS) is 11.6. The van der Waals surface area contributed by atoms with Crippen LogP contribution in [0, 0.1) is 6.92 Å². The number of methoxy groups -OCH3 is 1. The van der Waals surface area contributed by atoms with E-state index in [2.05, 4.69) is 51.2 Å². The highest BCUT2D eigenvalue weighted by Crippen LogP contribution is 2.21. The molecular weight excluding hydrogens is 234 g/mol. The van der Waals surface area contributed by atoms with Crippen LogP contribution in [0.2, 0.25) is 0 Å². The highest BCUT2D eigenvalue weighted by Gasteiger charge is 2.07. The number of ether oxygens (including phenoxy) is 1. The molecule has 1 aromatic rings. The number of hydrogen-bond acceptors (Lipinski definition) is 2. The molecule has 0 aliphatic rings. The van der Waals surface area contributed by atoms with E-state index in [1.807, 2.05) is 0 Å². The van der Waals surface area contributed by atoms with Gasteiger partial charge in [0.2, 0.25) is 0 Å². The van der Waals surface area contributed by atoms with Gasteiger partial charge in [0.15, 0.2) is 0 Å². The summed E-state index contributed by atoms with van der Waals surface area (Å²) >= 11 is 0. The highest BCUT2D eigenvalue weighted by molar-refractivity contribution is 5.36. The van der Waals surface area contributed by atoms with Gasteiger partial charge in [0.05, 0.1) is 7.11 Å². The van der Waals surface area contributed by atoms with Gasteiger partial charge in [-0.2, -0.15) is 0 Å². The lowest BCUT2D eigenvalue weighted by Gasteiger charge is -2.20. The van der Waals surface area contributed by atoms with Gasteiger partial charge < -0.3 is 10.1 Å². The van der Waals surface area contributed by atoms with Crippen molar-refractivity contribution in [3.8, 4) is 5.75 Å². The molecule has 19 heavy (non-hydrogen) atoms. The Hall–Kier alpha value is -1.02. The van der Waals surface area contributed by atoms with Gasteiger partial charge in [0.25, 0.3) is 0 Å². The summed E-state index contributed by atoms with van der Waals surface area (Å²) in [4.78, 5) is 0. The summed E-state index contributed by atoms with van der Waals surface area (Å²) in [7, 11) is 1.75. The van der Waals surface area contributed by atoms with Gasteiger partial charge in [0, 0.05) is 5.54 Å². The predicted octanol–water partition coefficient (Wildman–Crippen LogP) is 4.10. The monoisotopic (exact) mass is 263 g/mol. The van der Waals surface area contributed by atoms with Crippen molar-refractivity contribution in [1.29, 1.82) is 0 Å². The molecule has 0 fully saturated rings. The molecule has 0 saturated carbocycles. The highest BCUT2D eigenvalue weighted by atomic mass is 16.5. The molecule has 2 nitrogen and oxygen atoms in total. The zero-order chi connectivity index (χ0) is 14.3. The first-order valence-corrected chi connectivity index (χ1v) is 7.31. The minimum absolute atomic E-state index is 0.236. The molecule has 1 aromatic carbocycles. The third kappa shape index (κ3) is 6.63. The van der Waals surface area contributed by atoms with Crippen LogP contribution < -0.4 is 10.1 Å². The van der Waals surface area contributed by atoms with E-state index in [4.69, 9.17) is 4.74 Å². The Labute approximate surface area is 118 Å². The summed E-state index contributed by atoms with van der Waals surface area (Å²) in [5.74, 6) is 1.03. The molecule has 0 atom stereocenters. The molecular formula is C17H29NO. The van der Waals surface area contributed by atoms with Crippen molar-refractivity contribution < 1.29 is 4.74 Å². The van der Waals surface area contributed by atoms with Crippen LogP contribution in [0.25, 0.3) is 0 Å². The SMILES string of the molecule is COc1ccc(C)cc1CCCCCNC(C)(C)C. The van der Waals surface area contributed by atoms with Crippen molar-refractivity contribution in [3.63, 3.8) is 0 Å². The second-order valence-corrected chi connectivity index (χ2v) is 6.30. The molecule has 0 bridgehead atoms. The van der Waals surface area contributed by atoms with Crippen LogP contribution in [0.3, 0.4) is 0 Å². The molecule has 1 N–H and O–H groups in total. The van der Waals surface area contributed by atoms with E-state index in [-0.39, 0.29) is 5.54 Å². The van der Waals surface area contributed by atoms with Crippen molar-refractivity contribution in [2.45, 2.75) is 58.9 Å². The van der Waals surface area contributed by atoms with Crippen LogP contribution >= 0.6 is 0 Å². The fourth-order valence-electron chi connectivity index (χ4n) is 2.18. The van der Waals surface area contributed by atoms with Gasteiger partial charge in [-0.05, 0) is 65.1 Å². The van der Waals surface area contributed by atoms with Crippen molar-refractivity contribution in [3.05, 3.63) is 29.3 Å². The Morgan fingerprint density at radius 3 is 2.47 bits per heavy atom. The zero-order valence-electron chi connectivity index (χ0n) is 13.2. The van der Waals surface area contributed by atoms with Crippen LogP contribution in [-0.2, 0) is 6.42 Å². The number of hydrogen-bond donors (Lipinski definition) is 1. The van der Waals surface area contributed by atoms with Crippen LogP contribution in [0.15, 0.2) is 18.2 Å². The van der Waals surface area contributed by atoms with Crippen LogP contribution in [-0.4, -0.2) is 19.2 Å². The molecule has 0 saturated heterocycles. The quantitative estimate of drug-likeness (QED) is 0.748. The number of nitrogens with one attached hydrogen (secondary N) is 1. The molecule has 0 radical (unpaired) electrons. The van der Waals surface area contributed by atoms with Crippen molar-refractivity contribution in [2.24, 2.45) is 0 Å². The molecule has 0 aromatic heterocycles. The van der Waals surface area contributed by atoms with Crippen LogP contribution in [0.4, 0.5) is 0 Å². The van der Waals surface area contributed by atoms with E-state index < -0.39 is 0 Å². The average Bonchev–Trinajstić information content (AvgIpc) is 2.32. The smallest absolute Gasteiger partial charge is 0.122 e. The van der Waals surface area contributed by atoms with E-state index in [9.17, 15) is 0 Å². The number of unbranched alkanes of at least 4 members (excludes halogenated alkanes) is 2. The molecule has 0 spiro atoms. The Morgan fingerprint density at radius 2 is 1.84 bits per heavy atom. The van der Waals surface area contributed by atoms with Gasteiger partial charge in [-0.15, -0.1) is 0 Å². The van der Waals surface area contributed by atoms with E-state index >= 15 is 0 Å². The molecule has 1 rings (SSSR count). The molecule has 0 heterocycles. The number of rotatable bonds is 7. The van der Waals surface area contributed by atoms with E-state index in [0.717, 1.165) is 18.7 Å². The van der Waals surface area contributed by atoms with Gasteiger partial charge in [-0.25, -0.2) is 0 Å². The summed E-state index contributed by atoms with van der Waals surface area (Å²) in [5, 5.41) is 3.53. The third-order valence-corrected chi connectivity index (χ3v) is 3.21. The molecule has 0 aliphatic carbocycles. The van der Waals surface area contributed by atoms with Gasteiger partial charge in [-0.3, -0.25) is 0 Å². The number of benzene rings is 1. The maximum atomic E-state index is 5.41. The minimum atomic E-state index is 0.236. The Bertz CT molecular complexity index is 379. The summed E-state index contributed by atoms with van der Waals surface area (Å²) < 4.78 is 5.41.